The summed E-state index contributed by atoms with van der Waals surface area (Å²) in [5.41, 5.74) is 7.46. The molecule has 1 fully saturated rings. The van der Waals surface area contributed by atoms with Crippen molar-refractivity contribution in [1.82, 2.24) is 20.1 Å². The molecular formula is C25H32N4O. The first kappa shape index (κ1) is 20.6. The molecular weight excluding hydrogens is 372 g/mol. The van der Waals surface area contributed by atoms with Crippen LogP contribution in [0.3, 0.4) is 0 Å². The largest absolute Gasteiger partial charge is 0.353 e. The summed E-state index contributed by atoms with van der Waals surface area (Å²) in [7, 11) is 0. The van der Waals surface area contributed by atoms with Crippen LogP contribution in [0.15, 0.2) is 24.3 Å². The van der Waals surface area contributed by atoms with Crippen LogP contribution in [0.5, 0.6) is 0 Å². The first-order chi connectivity index (χ1) is 14.4. The maximum Gasteiger partial charge on any atom is 0.220 e. The molecule has 1 aliphatic rings. The summed E-state index contributed by atoms with van der Waals surface area (Å²) in [5.74, 6) is 0.160. The highest BCUT2D eigenvalue weighted by molar-refractivity contribution is 5.85. The third-order valence-electron chi connectivity index (χ3n) is 6.42. The van der Waals surface area contributed by atoms with E-state index in [-0.39, 0.29) is 5.91 Å². The Morgan fingerprint density at radius 2 is 1.73 bits per heavy atom. The van der Waals surface area contributed by atoms with Crippen molar-refractivity contribution in [2.45, 2.75) is 78.7 Å². The summed E-state index contributed by atoms with van der Waals surface area (Å²) in [6.45, 7) is 8.30. The van der Waals surface area contributed by atoms with Crippen molar-refractivity contribution in [3.63, 3.8) is 0 Å². The van der Waals surface area contributed by atoms with Gasteiger partial charge in [0.25, 0.3) is 0 Å². The molecule has 2 heterocycles. The number of nitrogens with zero attached hydrogens (tertiary/aromatic N) is 3. The Hall–Kier alpha value is -2.69. The van der Waals surface area contributed by atoms with Gasteiger partial charge >= 0.3 is 0 Å². The summed E-state index contributed by atoms with van der Waals surface area (Å²) in [5, 5.41) is 9.11. The van der Waals surface area contributed by atoms with Crippen molar-refractivity contribution < 1.29 is 4.79 Å². The molecule has 30 heavy (non-hydrogen) atoms. The minimum absolute atomic E-state index is 0.160. The van der Waals surface area contributed by atoms with E-state index < -0.39 is 0 Å². The molecule has 1 amide bonds. The molecule has 2 aromatic heterocycles. The SMILES string of the molecule is Cc1ccc(-n2nc(C)c3c(C)c(CCC(=O)NC4CCCCC4)c(C)nc32)cc1. The zero-order chi connectivity index (χ0) is 21.3. The van der Waals surface area contributed by atoms with E-state index in [2.05, 4.69) is 43.4 Å². The fraction of sp³-hybridized carbons (Fsp3) is 0.480. The second-order valence-electron chi connectivity index (χ2n) is 8.73. The molecule has 5 nitrogen and oxygen atoms in total. The number of nitrogens with one attached hydrogen (secondary N) is 1. The fourth-order valence-electron chi connectivity index (χ4n) is 4.73. The van der Waals surface area contributed by atoms with E-state index in [9.17, 15) is 4.79 Å². The van der Waals surface area contributed by atoms with E-state index in [4.69, 9.17) is 10.1 Å². The van der Waals surface area contributed by atoms with Gasteiger partial charge in [-0.2, -0.15) is 5.10 Å². The number of carbonyl (C=O) groups excluding carboxylic acids is 1. The monoisotopic (exact) mass is 404 g/mol. The molecule has 0 unspecified atom stereocenters. The maximum atomic E-state index is 12.5. The van der Waals surface area contributed by atoms with Crippen LogP contribution in [0.25, 0.3) is 16.7 Å². The van der Waals surface area contributed by atoms with Gasteiger partial charge in [0.1, 0.15) is 0 Å². The first-order valence-corrected chi connectivity index (χ1v) is 11.2. The molecule has 0 saturated heterocycles. The highest BCUT2D eigenvalue weighted by Crippen LogP contribution is 2.28. The van der Waals surface area contributed by atoms with Gasteiger partial charge in [-0.05, 0) is 70.2 Å². The number of hydrogen-bond donors (Lipinski definition) is 1. The number of carbonyl (C=O) groups is 1. The number of benzene rings is 1. The number of pyridine rings is 1. The lowest BCUT2D eigenvalue weighted by molar-refractivity contribution is -0.121. The van der Waals surface area contributed by atoms with Crippen LogP contribution in [-0.4, -0.2) is 26.7 Å². The zero-order valence-corrected chi connectivity index (χ0v) is 18.6. The third-order valence-corrected chi connectivity index (χ3v) is 6.42. The lowest BCUT2D eigenvalue weighted by atomic mass is 9.95. The lowest BCUT2D eigenvalue weighted by Gasteiger charge is -2.22. The van der Waals surface area contributed by atoms with E-state index in [1.54, 1.807) is 0 Å². The molecule has 4 rings (SSSR count). The number of fused-ring (bicyclic) bond motifs is 1. The molecule has 1 aromatic carbocycles. The van der Waals surface area contributed by atoms with Gasteiger partial charge in [-0.1, -0.05) is 37.0 Å². The van der Waals surface area contributed by atoms with Gasteiger partial charge in [-0.25, -0.2) is 9.67 Å². The molecule has 3 aromatic rings. The normalized spacial score (nSPS) is 14.9. The van der Waals surface area contributed by atoms with Crippen molar-refractivity contribution in [2.75, 3.05) is 0 Å². The zero-order valence-electron chi connectivity index (χ0n) is 18.6. The van der Waals surface area contributed by atoms with Crippen LogP contribution < -0.4 is 5.32 Å². The number of aryl methyl sites for hydroxylation is 4. The van der Waals surface area contributed by atoms with Crippen molar-refractivity contribution in [3.8, 4) is 5.69 Å². The minimum atomic E-state index is 0.160. The van der Waals surface area contributed by atoms with Crippen molar-refractivity contribution in [1.29, 1.82) is 0 Å². The van der Waals surface area contributed by atoms with Gasteiger partial charge in [-0.15, -0.1) is 0 Å². The average molecular weight is 405 g/mol. The van der Waals surface area contributed by atoms with Gasteiger partial charge < -0.3 is 5.32 Å². The second-order valence-corrected chi connectivity index (χ2v) is 8.73. The Morgan fingerprint density at radius 1 is 1.03 bits per heavy atom. The van der Waals surface area contributed by atoms with Gasteiger partial charge in [-0.3, -0.25) is 4.79 Å². The summed E-state index contributed by atoms with van der Waals surface area (Å²) in [6.07, 6.45) is 7.22. The molecule has 1 aliphatic carbocycles. The topological polar surface area (TPSA) is 59.8 Å². The summed E-state index contributed by atoms with van der Waals surface area (Å²) in [6, 6.07) is 8.71. The number of aromatic nitrogens is 3. The molecule has 0 bridgehead atoms. The van der Waals surface area contributed by atoms with E-state index >= 15 is 0 Å². The van der Waals surface area contributed by atoms with Gasteiger partial charge in [0.2, 0.25) is 5.91 Å². The Morgan fingerprint density at radius 3 is 2.43 bits per heavy atom. The molecule has 0 spiro atoms. The van der Waals surface area contributed by atoms with Crippen LogP contribution in [0.1, 0.15) is 66.6 Å². The van der Waals surface area contributed by atoms with Crippen LogP contribution >= 0.6 is 0 Å². The molecule has 5 heteroatoms. The van der Waals surface area contributed by atoms with Crippen molar-refractivity contribution >= 4 is 16.9 Å². The lowest BCUT2D eigenvalue weighted by Crippen LogP contribution is -2.36. The first-order valence-electron chi connectivity index (χ1n) is 11.2. The van der Waals surface area contributed by atoms with Gasteiger partial charge in [0, 0.05) is 23.5 Å². The predicted molar refractivity (Wildman–Crippen MR) is 121 cm³/mol. The summed E-state index contributed by atoms with van der Waals surface area (Å²) < 4.78 is 1.93. The number of amides is 1. The van der Waals surface area contributed by atoms with Crippen LogP contribution in [-0.2, 0) is 11.2 Å². The molecule has 158 valence electrons. The van der Waals surface area contributed by atoms with E-state index in [1.165, 1.54) is 36.0 Å². The Balaban J connectivity index is 1.58. The Bertz CT molecular complexity index is 1060. The van der Waals surface area contributed by atoms with E-state index in [0.717, 1.165) is 41.0 Å². The Kier molecular flexibility index (Phi) is 5.89. The van der Waals surface area contributed by atoms with Crippen LogP contribution in [0, 0.1) is 27.7 Å². The highest BCUT2D eigenvalue weighted by atomic mass is 16.1. The maximum absolute atomic E-state index is 12.5. The summed E-state index contributed by atoms with van der Waals surface area (Å²) in [4.78, 5) is 17.4. The average Bonchev–Trinajstić information content (AvgIpc) is 3.05. The minimum Gasteiger partial charge on any atom is -0.353 e. The number of rotatable bonds is 5. The molecule has 1 saturated carbocycles. The predicted octanol–water partition coefficient (Wildman–Crippen LogP) is 5.04. The molecule has 0 atom stereocenters. The van der Waals surface area contributed by atoms with Gasteiger partial charge in [0.05, 0.1) is 11.4 Å². The second kappa shape index (κ2) is 8.58. The van der Waals surface area contributed by atoms with E-state index in [1.807, 2.05) is 18.5 Å². The van der Waals surface area contributed by atoms with Crippen molar-refractivity contribution in [2.24, 2.45) is 0 Å². The Labute approximate surface area is 178 Å². The van der Waals surface area contributed by atoms with Gasteiger partial charge in [0.15, 0.2) is 5.65 Å². The van der Waals surface area contributed by atoms with Crippen LogP contribution in [0.2, 0.25) is 0 Å². The fourth-order valence-corrected chi connectivity index (χ4v) is 4.73. The summed E-state index contributed by atoms with van der Waals surface area (Å²) >= 11 is 0. The number of hydrogen-bond acceptors (Lipinski definition) is 3. The molecule has 0 radical (unpaired) electrons. The van der Waals surface area contributed by atoms with E-state index in [0.29, 0.717) is 18.9 Å². The third kappa shape index (κ3) is 4.11. The standard InChI is InChI=1S/C25H32N4O/c1-16-10-12-21(13-11-16)29-25-24(19(4)28-29)17(2)22(18(3)26-25)14-15-23(30)27-20-8-6-5-7-9-20/h10-13,20H,5-9,14-15H2,1-4H3,(H,27,30). The van der Waals surface area contributed by atoms with Crippen LogP contribution in [0.4, 0.5) is 0 Å². The highest BCUT2D eigenvalue weighted by Gasteiger charge is 2.19. The molecule has 1 N–H and O–H groups in total. The molecule has 0 aliphatic heterocycles. The smallest absolute Gasteiger partial charge is 0.220 e. The van der Waals surface area contributed by atoms with Crippen molar-refractivity contribution in [3.05, 3.63) is 52.3 Å². The quantitative estimate of drug-likeness (QED) is 0.648.